The van der Waals surface area contributed by atoms with Crippen LogP contribution in [0.3, 0.4) is 0 Å². The quantitative estimate of drug-likeness (QED) is 0.753. The normalized spacial score (nSPS) is 16.2. The number of nitrogens with one attached hydrogen (secondary N) is 1. The summed E-state index contributed by atoms with van der Waals surface area (Å²) in [5.74, 6) is -0.944. The first-order chi connectivity index (χ1) is 7.91. The van der Waals surface area contributed by atoms with E-state index < -0.39 is 18.1 Å². The second-order valence-electron chi connectivity index (χ2n) is 4.01. The van der Waals surface area contributed by atoms with Crippen molar-refractivity contribution in [3.63, 3.8) is 0 Å². The number of carboxylic acid groups (broad SMARTS) is 1. The molecule has 0 bridgehead atoms. The van der Waals surface area contributed by atoms with Gasteiger partial charge in [-0.15, -0.1) is 0 Å². The second kappa shape index (κ2) is 6.00. The standard InChI is InChI=1S/C12H16ClNO3/c1-7(14-8(2)12(16)17)11(15)9-3-5-10(13)6-4-9/h3-8,11,14-15H,1-2H3,(H,16,17). The molecule has 17 heavy (non-hydrogen) atoms. The Morgan fingerprint density at radius 2 is 1.82 bits per heavy atom. The van der Waals surface area contributed by atoms with Gasteiger partial charge in [0.15, 0.2) is 0 Å². The largest absolute Gasteiger partial charge is 0.480 e. The number of carboxylic acids is 1. The number of hydrogen-bond donors (Lipinski definition) is 3. The number of halogens is 1. The molecule has 1 rings (SSSR count). The maximum atomic E-state index is 10.7. The van der Waals surface area contributed by atoms with Crippen LogP contribution in [0.25, 0.3) is 0 Å². The Balaban J connectivity index is 2.66. The topological polar surface area (TPSA) is 69.6 Å². The van der Waals surface area contributed by atoms with Crippen LogP contribution in [0.2, 0.25) is 5.02 Å². The molecule has 0 aliphatic heterocycles. The number of carbonyl (C=O) groups is 1. The van der Waals surface area contributed by atoms with Crippen LogP contribution in [0.4, 0.5) is 0 Å². The maximum Gasteiger partial charge on any atom is 0.320 e. The fourth-order valence-corrected chi connectivity index (χ4v) is 1.63. The average molecular weight is 258 g/mol. The monoisotopic (exact) mass is 257 g/mol. The van der Waals surface area contributed by atoms with E-state index in [1.54, 1.807) is 31.2 Å². The van der Waals surface area contributed by atoms with Gasteiger partial charge in [0.1, 0.15) is 6.04 Å². The van der Waals surface area contributed by atoms with E-state index in [9.17, 15) is 9.90 Å². The van der Waals surface area contributed by atoms with Gasteiger partial charge in [0.2, 0.25) is 0 Å². The van der Waals surface area contributed by atoms with Crippen molar-refractivity contribution < 1.29 is 15.0 Å². The molecule has 4 nitrogen and oxygen atoms in total. The summed E-state index contributed by atoms with van der Waals surface area (Å²) < 4.78 is 0. The fourth-order valence-electron chi connectivity index (χ4n) is 1.51. The average Bonchev–Trinajstić information content (AvgIpc) is 2.28. The van der Waals surface area contributed by atoms with Crippen LogP contribution in [0.5, 0.6) is 0 Å². The number of aliphatic hydroxyl groups excluding tert-OH is 1. The van der Waals surface area contributed by atoms with Crippen molar-refractivity contribution in [2.75, 3.05) is 0 Å². The highest BCUT2D eigenvalue weighted by Gasteiger charge is 2.20. The molecule has 1 aromatic carbocycles. The van der Waals surface area contributed by atoms with E-state index in [1.807, 2.05) is 0 Å². The van der Waals surface area contributed by atoms with Gasteiger partial charge in [-0.25, -0.2) is 0 Å². The molecule has 5 heteroatoms. The molecule has 0 radical (unpaired) electrons. The third-order valence-corrected chi connectivity index (χ3v) is 2.82. The Hall–Kier alpha value is -1.10. The zero-order chi connectivity index (χ0) is 13.0. The third kappa shape index (κ3) is 4.00. The first-order valence-corrected chi connectivity index (χ1v) is 5.72. The highest BCUT2D eigenvalue weighted by molar-refractivity contribution is 6.30. The van der Waals surface area contributed by atoms with E-state index in [-0.39, 0.29) is 6.04 Å². The maximum absolute atomic E-state index is 10.7. The van der Waals surface area contributed by atoms with Gasteiger partial charge in [-0.1, -0.05) is 23.7 Å². The Morgan fingerprint density at radius 1 is 1.29 bits per heavy atom. The number of aliphatic carboxylic acids is 1. The predicted molar refractivity (Wildman–Crippen MR) is 66.1 cm³/mol. The minimum atomic E-state index is -0.944. The lowest BCUT2D eigenvalue weighted by atomic mass is 10.0. The van der Waals surface area contributed by atoms with Gasteiger partial charge in [-0.2, -0.15) is 0 Å². The highest BCUT2D eigenvalue weighted by Crippen LogP contribution is 2.19. The smallest absolute Gasteiger partial charge is 0.320 e. The molecular formula is C12H16ClNO3. The predicted octanol–water partition coefficient (Wildman–Crippen LogP) is 1.82. The molecule has 1 aromatic rings. The van der Waals surface area contributed by atoms with Gasteiger partial charge >= 0.3 is 5.97 Å². The second-order valence-corrected chi connectivity index (χ2v) is 4.45. The number of hydrogen-bond acceptors (Lipinski definition) is 3. The molecular weight excluding hydrogens is 242 g/mol. The van der Waals surface area contributed by atoms with Gasteiger partial charge in [-0.05, 0) is 31.5 Å². The van der Waals surface area contributed by atoms with E-state index in [0.29, 0.717) is 10.6 Å². The Morgan fingerprint density at radius 3 is 2.29 bits per heavy atom. The zero-order valence-electron chi connectivity index (χ0n) is 9.72. The lowest BCUT2D eigenvalue weighted by Gasteiger charge is -2.22. The molecule has 3 atom stereocenters. The third-order valence-electron chi connectivity index (χ3n) is 2.57. The van der Waals surface area contributed by atoms with Crippen LogP contribution >= 0.6 is 11.6 Å². The van der Waals surface area contributed by atoms with Crippen LogP contribution in [0.15, 0.2) is 24.3 Å². The van der Waals surface area contributed by atoms with Gasteiger partial charge in [0.05, 0.1) is 6.10 Å². The first-order valence-electron chi connectivity index (χ1n) is 5.34. The summed E-state index contributed by atoms with van der Waals surface area (Å²) in [6.07, 6.45) is -0.769. The van der Waals surface area contributed by atoms with E-state index in [1.165, 1.54) is 6.92 Å². The molecule has 3 unspecified atom stereocenters. The Labute approximate surface area is 105 Å². The van der Waals surface area contributed by atoms with E-state index in [4.69, 9.17) is 16.7 Å². The summed E-state index contributed by atoms with van der Waals surface area (Å²) in [4.78, 5) is 10.7. The van der Waals surface area contributed by atoms with Crippen molar-refractivity contribution >= 4 is 17.6 Å². The molecule has 0 saturated heterocycles. The van der Waals surface area contributed by atoms with Gasteiger partial charge in [0.25, 0.3) is 0 Å². The van der Waals surface area contributed by atoms with Gasteiger partial charge < -0.3 is 10.2 Å². The minimum absolute atomic E-state index is 0.359. The fraction of sp³-hybridized carbons (Fsp3) is 0.417. The molecule has 0 heterocycles. The molecule has 0 aromatic heterocycles. The zero-order valence-corrected chi connectivity index (χ0v) is 10.5. The SMILES string of the molecule is CC(NC(C)C(O)c1ccc(Cl)cc1)C(=O)O. The molecule has 3 N–H and O–H groups in total. The first kappa shape index (κ1) is 14.0. The molecule has 0 amide bonds. The van der Waals surface area contributed by atoms with Crippen molar-refractivity contribution in [2.45, 2.75) is 32.0 Å². The molecule has 0 aliphatic rings. The van der Waals surface area contributed by atoms with E-state index in [0.717, 1.165) is 0 Å². The molecule has 94 valence electrons. The van der Waals surface area contributed by atoms with Crippen LogP contribution in [-0.4, -0.2) is 28.3 Å². The molecule has 0 aliphatic carbocycles. The summed E-state index contributed by atoms with van der Waals surface area (Å²) in [7, 11) is 0. The summed E-state index contributed by atoms with van der Waals surface area (Å²) >= 11 is 5.75. The lowest BCUT2D eigenvalue weighted by Crippen LogP contribution is -2.42. The van der Waals surface area contributed by atoms with Crippen LogP contribution in [0.1, 0.15) is 25.5 Å². The number of rotatable bonds is 5. The highest BCUT2D eigenvalue weighted by atomic mass is 35.5. The summed E-state index contributed by atoms with van der Waals surface area (Å²) in [6, 6.07) is 5.75. The van der Waals surface area contributed by atoms with Crippen LogP contribution in [-0.2, 0) is 4.79 Å². The van der Waals surface area contributed by atoms with E-state index in [2.05, 4.69) is 5.32 Å². The van der Waals surface area contributed by atoms with Crippen molar-refractivity contribution in [3.05, 3.63) is 34.9 Å². The van der Waals surface area contributed by atoms with Gasteiger partial charge in [0, 0.05) is 11.1 Å². The van der Waals surface area contributed by atoms with Gasteiger partial charge in [-0.3, -0.25) is 10.1 Å². The van der Waals surface area contributed by atoms with Crippen molar-refractivity contribution in [1.29, 1.82) is 0 Å². The minimum Gasteiger partial charge on any atom is -0.480 e. The number of aliphatic hydroxyl groups is 1. The van der Waals surface area contributed by atoms with E-state index >= 15 is 0 Å². The van der Waals surface area contributed by atoms with Crippen molar-refractivity contribution in [2.24, 2.45) is 0 Å². The van der Waals surface area contributed by atoms with Crippen LogP contribution in [0, 0.1) is 0 Å². The Bertz CT molecular complexity index is 380. The lowest BCUT2D eigenvalue weighted by molar-refractivity contribution is -0.139. The van der Waals surface area contributed by atoms with Crippen molar-refractivity contribution in [1.82, 2.24) is 5.32 Å². The van der Waals surface area contributed by atoms with Crippen molar-refractivity contribution in [3.8, 4) is 0 Å². The Kier molecular flexibility index (Phi) is 4.93. The van der Waals surface area contributed by atoms with Crippen LogP contribution < -0.4 is 5.32 Å². The summed E-state index contributed by atoms with van der Waals surface area (Å²) in [5, 5.41) is 22.2. The molecule has 0 spiro atoms. The number of benzene rings is 1. The summed E-state index contributed by atoms with van der Waals surface area (Å²) in [5.41, 5.74) is 0.701. The summed E-state index contributed by atoms with van der Waals surface area (Å²) in [6.45, 7) is 3.27. The molecule has 0 saturated carbocycles. The molecule has 0 fully saturated rings.